The van der Waals surface area contributed by atoms with Gasteiger partial charge in [0.15, 0.2) is 11.7 Å². The molecule has 2 N–H and O–H groups in total. The van der Waals surface area contributed by atoms with E-state index in [9.17, 15) is 34.2 Å². The molecule has 0 spiro atoms. The van der Waals surface area contributed by atoms with Crippen LogP contribution in [0.25, 0.3) is 0 Å². The number of halogens is 1. The highest BCUT2D eigenvalue weighted by molar-refractivity contribution is 6.23. The summed E-state index contributed by atoms with van der Waals surface area (Å²) >= 11 is 6.78. The van der Waals surface area contributed by atoms with Crippen molar-refractivity contribution in [3.63, 3.8) is 0 Å². The van der Waals surface area contributed by atoms with Gasteiger partial charge in [-0.05, 0) is 19.4 Å². The lowest BCUT2D eigenvalue weighted by molar-refractivity contribution is -0.293. The lowest BCUT2D eigenvalue weighted by Gasteiger charge is -2.60. The van der Waals surface area contributed by atoms with E-state index in [1.807, 2.05) is 0 Å². The van der Waals surface area contributed by atoms with Crippen molar-refractivity contribution in [1.29, 1.82) is 0 Å². The fourth-order valence-electron chi connectivity index (χ4n) is 7.25. The summed E-state index contributed by atoms with van der Waals surface area (Å²) in [4.78, 5) is 62.9. The molecule has 2 heterocycles. The zero-order chi connectivity index (χ0) is 31.7. The van der Waals surface area contributed by atoms with Crippen molar-refractivity contribution in [3.05, 3.63) is 12.2 Å². The predicted molar refractivity (Wildman–Crippen MR) is 140 cm³/mol. The number of carbonyl (C=O) groups excluding carboxylic acids is 5. The molecule has 13 nitrogen and oxygen atoms in total. The first-order valence-corrected chi connectivity index (χ1v) is 14.0. The molecule has 2 aliphatic carbocycles. The Kier molecular flexibility index (Phi) is 8.24. The molecule has 2 saturated heterocycles. The Bertz CT molecular complexity index is 1200. The largest absolute Gasteiger partial charge is 0.462 e. The summed E-state index contributed by atoms with van der Waals surface area (Å²) in [6, 6.07) is 0. The summed E-state index contributed by atoms with van der Waals surface area (Å²) in [5.74, 6) is -7.01. The van der Waals surface area contributed by atoms with E-state index in [0.717, 1.165) is 27.7 Å². The molecule has 234 valence electrons. The van der Waals surface area contributed by atoms with E-state index in [1.54, 1.807) is 0 Å². The zero-order valence-corrected chi connectivity index (χ0v) is 25.2. The number of alkyl halides is 1. The van der Waals surface area contributed by atoms with Crippen molar-refractivity contribution in [3.8, 4) is 0 Å². The average Bonchev–Trinajstić information content (AvgIpc) is 3.61. The van der Waals surface area contributed by atoms with Gasteiger partial charge in [0.1, 0.15) is 42.2 Å². The van der Waals surface area contributed by atoms with Crippen molar-refractivity contribution in [2.75, 3.05) is 0 Å². The Morgan fingerprint density at radius 1 is 0.905 bits per heavy atom. The molecule has 14 heteroatoms. The number of epoxide rings is 1. The molecule has 0 aromatic carbocycles. The number of hydrogen-bond donors (Lipinski definition) is 2. The third-order valence-corrected chi connectivity index (χ3v) is 9.71. The minimum absolute atomic E-state index is 0.192. The normalized spacial score (nSPS) is 46.1. The Morgan fingerprint density at radius 3 is 1.93 bits per heavy atom. The van der Waals surface area contributed by atoms with Crippen LogP contribution in [-0.2, 0) is 52.4 Å². The molecule has 0 aromatic heterocycles. The van der Waals surface area contributed by atoms with E-state index in [-0.39, 0.29) is 12.0 Å². The molecule has 2 saturated carbocycles. The maximum absolute atomic E-state index is 13.0. The van der Waals surface area contributed by atoms with Crippen LogP contribution in [0.15, 0.2) is 12.2 Å². The van der Waals surface area contributed by atoms with E-state index in [4.69, 9.17) is 40.0 Å². The van der Waals surface area contributed by atoms with Crippen LogP contribution >= 0.6 is 11.6 Å². The summed E-state index contributed by atoms with van der Waals surface area (Å²) in [7, 11) is 0. The maximum Gasteiger partial charge on any atom is 0.312 e. The molecule has 4 fully saturated rings. The predicted octanol–water partition coefficient (Wildman–Crippen LogP) is 0.728. The fraction of sp³-hybridized carbons (Fsp3) is 0.750. The van der Waals surface area contributed by atoms with Crippen molar-refractivity contribution in [1.82, 2.24) is 0 Å². The second kappa shape index (κ2) is 10.8. The summed E-state index contributed by atoms with van der Waals surface area (Å²) in [5, 5.41) is 23.6. The lowest BCUT2D eigenvalue weighted by Crippen LogP contribution is -2.75. The molecule has 4 rings (SSSR count). The van der Waals surface area contributed by atoms with Gasteiger partial charge in [-0.15, -0.1) is 11.6 Å². The van der Waals surface area contributed by atoms with Crippen molar-refractivity contribution >= 4 is 41.4 Å². The van der Waals surface area contributed by atoms with Gasteiger partial charge >= 0.3 is 29.8 Å². The van der Waals surface area contributed by atoms with E-state index < -0.39 is 106 Å². The monoisotopic (exact) mass is 616 g/mol. The molecule has 0 bridgehead atoms. The number of carbonyl (C=O) groups is 5. The zero-order valence-electron chi connectivity index (χ0n) is 24.5. The van der Waals surface area contributed by atoms with Gasteiger partial charge in [-0.25, -0.2) is 0 Å². The first-order chi connectivity index (χ1) is 19.3. The molecule has 42 heavy (non-hydrogen) atoms. The number of fused-ring (bicyclic) bond motifs is 3. The second-order valence-corrected chi connectivity index (χ2v) is 12.5. The fourth-order valence-corrected chi connectivity index (χ4v) is 7.63. The first-order valence-electron chi connectivity index (χ1n) is 13.6. The molecule has 0 radical (unpaired) electrons. The van der Waals surface area contributed by atoms with Crippen molar-refractivity contribution < 1.29 is 62.6 Å². The van der Waals surface area contributed by atoms with Crippen LogP contribution < -0.4 is 0 Å². The number of esters is 5. The molecule has 0 unspecified atom stereocenters. The van der Waals surface area contributed by atoms with E-state index >= 15 is 0 Å². The van der Waals surface area contributed by atoms with Gasteiger partial charge < -0.3 is 38.6 Å². The lowest BCUT2D eigenvalue weighted by atomic mass is 9.50. The van der Waals surface area contributed by atoms with Crippen molar-refractivity contribution in [2.45, 2.75) is 114 Å². The van der Waals surface area contributed by atoms with E-state index in [0.29, 0.717) is 0 Å². The highest BCUT2D eigenvalue weighted by atomic mass is 35.5. The maximum atomic E-state index is 13.0. The quantitative estimate of drug-likeness (QED) is 0.148. The van der Waals surface area contributed by atoms with Crippen LogP contribution in [0.1, 0.15) is 54.9 Å². The van der Waals surface area contributed by atoms with Gasteiger partial charge in [0.2, 0.25) is 0 Å². The molecule has 4 aliphatic rings. The highest BCUT2D eigenvalue weighted by Gasteiger charge is 2.76. The standard InChI is InChI=1S/C28H37ClO13/c1-10-18(29)22-28(36,11(2)25(34)42-22)24(40-15(6)33)21-26(7,23(39-14(5)32)20-19(10)41-20)16(37-12(3)30)9-17(27(21,8)35)38-13(4)31/h11,16-24,35-36H,1,9H2,2-8H3/t11-,16-,17+,18-,19+,20+,21+,22-,23+,24+,26-,27+,28-/m0/s1. The SMILES string of the molecule is C=C1[C@H]2O[C@H]2[C@@H](OC(C)=O)[C@@]2(C)[C@@H](OC(C)=O)C[C@@H](OC(C)=O)[C@@](C)(O)[C@@H]2[C@@H](OC(C)=O)[C@]2(O)[C@@H](C)C(=O)O[C@H]2[C@H]1Cl. The van der Waals surface area contributed by atoms with Crippen LogP contribution in [0.5, 0.6) is 0 Å². The van der Waals surface area contributed by atoms with Gasteiger partial charge in [0.05, 0.1) is 16.7 Å². The minimum atomic E-state index is -2.42. The first kappa shape index (κ1) is 32.2. The van der Waals surface area contributed by atoms with Crippen LogP contribution in [0.3, 0.4) is 0 Å². The van der Waals surface area contributed by atoms with Crippen LogP contribution in [0.4, 0.5) is 0 Å². The van der Waals surface area contributed by atoms with Crippen LogP contribution in [0, 0.1) is 17.3 Å². The smallest absolute Gasteiger partial charge is 0.312 e. The molecule has 13 atom stereocenters. The van der Waals surface area contributed by atoms with Gasteiger partial charge in [0, 0.05) is 40.0 Å². The average molecular weight is 617 g/mol. The Balaban J connectivity index is 2.10. The topological polar surface area (TPSA) is 184 Å². The minimum Gasteiger partial charge on any atom is -0.462 e. The highest BCUT2D eigenvalue weighted by Crippen LogP contribution is 2.61. The third kappa shape index (κ3) is 4.97. The van der Waals surface area contributed by atoms with Gasteiger partial charge in [-0.3, -0.25) is 24.0 Å². The Morgan fingerprint density at radius 2 is 1.40 bits per heavy atom. The number of hydrogen-bond acceptors (Lipinski definition) is 13. The van der Waals surface area contributed by atoms with Gasteiger partial charge in [-0.1, -0.05) is 13.5 Å². The summed E-state index contributed by atoms with van der Waals surface area (Å²) < 4.78 is 34.3. The molecule has 0 amide bonds. The van der Waals surface area contributed by atoms with E-state index in [1.165, 1.54) is 20.8 Å². The molecular formula is C28H37ClO13. The third-order valence-electron chi connectivity index (χ3n) is 9.20. The van der Waals surface area contributed by atoms with Crippen LogP contribution in [0.2, 0.25) is 0 Å². The Hall–Kier alpha value is -2.74. The summed E-state index contributed by atoms with van der Waals surface area (Å²) in [6.45, 7) is 12.6. The number of rotatable bonds is 4. The van der Waals surface area contributed by atoms with Crippen LogP contribution in [-0.4, -0.2) is 99.4 Å². The molecule has 0 aromatic rings. The van der Waals surface area contributed by atoms with E-state index in [2.05, 4.69) is 6.58 Å². The van der Waals surface area contributed by atoms with Gasteiger partial charge in [-0.2, -0.15) is 0 Å². The number of aliphatic hydroxyl groups is 2. The van der Waals surface area contributed by atoms with Gasteiger partial charge in [0.25, 0.3) is 0 Å². The Labute approximate surface area is 247 Å². The van der Waals surface area contributed by atoms with Crippen molar-refractivity contribution in [2.24, 2.45) is 17.3 Å². The molecular weight excluding hydrogens is 580 g/mol. The summed E-state index contributed by atoms with van der Waals surface area (Å²) in [6.07, 6.45) is -9.41. The second-order valence-electron chi connectivity index (χ2n) is 12.0. The molecule has 2 aliphatic heterocycles. The number of ether oxygens (including phenoxy) is 6. The summed E-state index contributed by atoms with van der Waals surface area (Å²) in [5.41, 5.74) is -6.13.